The average Bonchev–Trinajstić information content (AvgIpc) is 1.60. The minimum Gasteiger partial charge on any atom is -0.393 e. The van der Waals surface area contributed by atoms with E-state index in [0.29, 0.717) is 61.1 Å². The smallest absolute Gasteiger partial charge is 0.269 e. The van der Waals surface area contributed by atoms with Crippen LogP contribution in [-0.4, -0.2) is 172 Å². The zero-order valence-electron chi connectivity index (χ0n) is 69.0. The van der Waals surface area contributed by atoms with Crippen molar-refractivity contribution >= 4 is 148 Å². The van der Waals surface area contributed by atoms with Crippen molar-refractivity contribution in [2.75, 3.05) is 36.4 Å². The summed E-state index contributed by atoms with van der Waals surface area (Å²) in [5.74, 6) is -2.04. The van der Waals surface area contributed by atoms with Gasteiger partial charge in [0, 0.05) is 132 Å². The second-order valence-electron chi connectivity index (χ2n) is 31.0. The Labute approximate surface area is 752 Å². The summed E-state index contributed by atoms with van der Waals surface area (Å²) in [5.41, 5.74) is 5.38. The Hall–Kier alpha value is -11.3. The molecule has 5 N–H and O–H groups in total. The Morgan fingerprint density at radius 2 is 0.727 bits per heavy atom. The number of ether oxygens (including phenoxy) is 2. The predicted molar refractivity (Wildman–Crippen MR) is 479 cm³/mol. The number of benzene rings is 3. The zero-order chi connectivity index (χ0) is 90.8. The van der Waals surface area contributed by atoms with Crippen LogP contribution in [0.5, 0.6) is 0 Å². The molecule has 0 aliphatic heterocycles. The molecule has 18 rings (SSSR count). The summed E-state index contributed by atoms with van der Waals surface area (Å²) in [7, 11) is -12.6. The van der Waals surface area contributed by atoms with E-state index in [4.69, 9.17) is 55.9 Å². The first-order valence-electron chi connectivity index (χ1n) is 40.0. The van der Waals surface area contributed by atoms with Crippen molar-refractivity contribution in [2.24, 2.45) is 0 Å². The minimum absolute atomic E-state index is 0.000295. The number of hydrogen-bond donors (Lipinski definition) is 5. The summed E-state index contributed by atoms with van der Waals surface area (Å²) in [6.45, 7) is 5.58. The van der Waals surface area contributed by atoms with Crippen LogP contribution in [0, 0.1) is 44.0 Å². The molecule has 3 aromatic carbocycles. The van der Waals surface area contributed by atoms with Crippen molar-refractivity contribution in [3.05, 3.63) is 231 Å². The van der Waals surface area contributed by atoms with Gasteiger partial charge in [0.1, 0.15) is 5.65 Å². The minimum atomic E-state index is -4.07. The summed E-state index contributed by atoms with van der Waals surface area (Å²) < 4.78 is 176. The van der Waals surface area contributed by atoms with E-state index in [9.17, 15) is 56.3 Å². The van der Waals surface area contributed by atoms with Crippen LogP contribution in [0.2, 0.25) is 20.1 Å². The van der Waals surface area contributed by atoms with Gasteiger partial charge in [-0.25, -0.2) is 123 Å². The summed E-state index contributed by atoms with van der Waals surface area (Å²) in [6.07, 6.45) is 26.3. The number of anilines is 3. The Bertz CT molecular complexity index is 7200. The molecule has 12 aromatic heterocycles. The van der Waals surface area contributed by atoms with Crippen molar-refractivity contribution in [1.29, 1.82) is 0 Å². The molecule has 0 bridgehead atoms. The number of sulfone groups is 1. The Morgan fingerprint density at radius 3 is 1.08 bits per heavy atom. The lowest BCUT2D eigenvalue weighted by atomic mass is 9.93. The highest BCUT2D eigenvalue weighted by Gasteiger charge is 2.33. The van der Waals surface area contributed by atoms with Crippen LogP contribution in [0.4, 0.5) is 35.0 Å². The molecule has 666 valence electrons. The van der Waals surface area contributed by atoms with E-state index in [2.05, 4.69) is 80.7 Å². The molecule has 3 aliphatic carbocycles. The lowest BCUT2D eigenvalue weighted by Gasteiger charge is -2.29. The van der Waals surface area contributed by atoms with E-state index < -0.39 is 74.3 Å². The van der Waals surface area contributed by atoms with Gasteiger partial charge in [-0.05, 0) is 158 Å². The van der Waals surface area contributed by atoms with Gasteiger partial charge >= 0.3 is 0 Å². The van der Waals surface area contributed by atoms with Crippen molar-refractivity contribution in [2.45, 2.75) is 154 Å². The fourth-order valence-electron chi connectivity index (χ4n) is 15.3. The lowest BCUT2D eigenvalue weighted by molar-refractivity contribution is 0.0667. The number of pyridine rings is 4. The quantitative estimate of drug-likeness (QED) is 0.0371. The van der Waals surface area contributed by atoms with Crippen molar-refractivity contribution < 1.29 is 65.8 Å². The van der Waals surface area contributed by atoms with Crippen LogP contribution >= 0.6 is 46.4 Å². The number of H-pyrrole nitrogens is 1. The number of aromatic amines is 1. The molecule has 0 radical (unpaired) electrons. The Morgan fingerprint density at radius 1 is 0.406 bits per heavy atom. The first-order chi connectivity index (χ1) is 61.1. The van der Waals surface area contributed by atoms with Gasteiger partial charge in [-0.2, -0.15) is 0 Å². The van der Waals surface area contributed by atoms with Gasteiger partial charge < -0.3 is 35.5 Å². The zero-order valence-corrected chi connectivity index (χ0v) is 75.3. The Balaban J connectivity index is 0.000000132. The first kappa shape index (κ1) is 91.5. The number of nitrogens with one attached hydrogen (secondary N) is 4. The molecule has 6 unspecified atom stereocenters. The highest BCUT2D eigenvalue weighted by molar-refractivity contribution is 7.91. The fourth-order valence-corrected chi connectivity index (χ4v) is 20.5. The first-order valence-corrected chi connectivity index (χ1v) is 47.8. The predicted octanol–water partition coefficient (Wildman–Crippen LogP) is 17.2. The number of aryl methyl sites for hydroxylation is 3. The Kier molecular flexibility index (Phi) is 27.3. The maximum absolute atomic E-state index is 14.7. The summed E-state index contributed by atoms with van der Waals surface area (Å²) in [6, 6.07) is 25.7. The molecule has 6 atom stereocenters. The molecule has 0 amide bonds. The lowest BCUT2D eigenvalue weighted by Crippen LogP contribution is -2.31. The molecule has 0 saturated heterocycles. The monoisotopic (exact) mass is 1900 g/mol. The highest BCUT2D eigenvalue weighted by atomic mass is 35.5. The number of aliphatic hydroxyl groups is 1. The fraction of sp³-hybridized carbons (Fsp3) is 0.279. The molecule has 30 nitrogen and oxygen atoms in total. The standard InChI is InChI=1S/C25H25ClFN5O3S.C24H23ClFN5O3S.C19H14ClFN4O4S2.C18H19ClFN5O/c1-15-6-8-19(9-7-15)36(33,34)32-14-21(20-10-16(26)12-29-25(20)32)23-28-13-22(27)24(31-23)30-17-4-3-5-18(11-17)35-2;1-14-5-7-18(8-6-14)35(33,34)31-13-20(19-9-15(25)11-28-24(19)31)22-27-12-21(26)23(30-22)29-16-3-2-4-17(32)10-16;1-11-3-5-13(6-4-11)31(28,29)25-10-15(14-7-12(20)8-23-18(14)25)17-22-9-16(21)19(24-17)30(2,26)27;1-26-12-4-2-3-11(6-12)24-18-15(20)9-23-17(25-18)14-8-22-16-13(14)5-10(19)7-21-16/h6-10,12-14,17-18H,3-5,11H2,1-2H3,(H,28,30,31);5-9,11-13,16-17,32H,2-4,10H2,1H3,(H,27,29,30);3-10H,1-2H3;5,7-9,11-12H,2-4,6H2,1H3,(H,21,22)(H,23,24,25). The SMILES string of the molecule is COC1CCCC(Nc2nc(-c3c[nH]c4ncc(Cl)cc34)ncc2F)C1.COC1CCCC(Nc2nc(-c3cn(S(=O)(=O)c4ccc(C)cc4)c4ncc(Cl)cc34)ncc2F)C1.Cc1ccc(S(=O)(=O)n2cc(-c3ncc(F)c(NC4CCCC(O)C4)n3)c3cc(Cl)cnc32)cc1.Cc1ccc(S(=O)(=O)n2cc(-c3ncc(F)c(S(C)(=O)=O)n3)c3cc(Cl)cnc32)cc1. The van der Waals surface area contributed by atoms with Crippen LogP contribution in [0.3, 0.4) is 0 Å². The van der Waals surface area contributed by atoms with Crippen LogP contribution in [0.25, 0.3) is 89.7 Å². The van der Waals surface area contributed by atoms with Crippen LogP contribution in [0.15, 0.2) is 191 Å². The number of fused-ring (bicyclic) bond motifs is 4. The second-order valence-corrected chi connectivity index (χ2v) is 40.1. The van der Waals surface area contributed by atoms with E-state index in [0.717, 1.165) is 129 Å². The molecular formula is C86H81Cl4F4N19O11S4. The van der Waals surface area contributed by atoms with Gasteiger partial charge in [0.25, 0.3) is 30.1 Å². The number of rotatable bonds is 19. The number of hydrogen-bond acceptors (Lipinski definition) is 26. The van der Waals surface area contributed by atoms with Crippen LogP contribution < -0.4 is 16.0 Å². The van der Waals surface area contributed by atoms with Gasteiger partial charge in [0.15, 0.2) is 95.8 Å². The maximum Gasteiger partial charge on any atom is 0.269 e. The molecule has 128 heavy (non-hydrogen) atoms. The van der Waals surface area contributed by atoms with Gasteiger partial charge in [-0.1, -0.05) is 99.5 Å². The van der Waals surface area contributed by atoms with E-state index in [1.54, 1.807) is 93.3 Å². The molecular weight excluding hydrogens is 1820 g/mol. The number of nitrogens with zero attached hydrogens (tertiary/aromatic N) is 15. The van der Waals surface area contributed by atoms with Crippen molar-refractivity contribution in [3.63, 3.8) is 0 Å². The van der Waals surface area contributed by atoms with E-state index in [1.807, 2.05) is 20.8 Å². The molecule has 42 heteroatoms. The third kappa shape index (κ3) is 20.1. The molecule has 3 saturated carbocycles. The van der Waals surface area contributed by atoms with Gasteiger partial charge in [-0.3, -0.25) is 0 Å². The van der Waals surface area contributed by atoms with E-state index >= 15 is 0 Å². The van der Waals surface area contributed by atoms with Crippen LogP contribution in [0.1, 0.15) is 93.7 Å². The number of aromatic nitrogens is 16. The third-order valence-corrected chi connectivity index (χ3v) is 28.6. The largest absolute Gasteiger partial charge is 0.393 e. The van der Waals surface area contributed by atoms with Crippen molar-refractivity contribution in [1.82, 2.24) is 76.7 Å². The van der Waals surface area contributed by atoms with Crippen molar-refractivity contribution in [3.8, 4) is 45.6 Å². The summed E-state index contributed by atoms with van der Waals surface area (Å²) in [4.78, 5) is 53.5. The average molecular weight is 1900 g/mol. The normalized spacial score (nSPS) is 17.4. The molecule has 0 spiro atoms. The number of aliphatic hydroxyl groups excluding tert-OH is 1. The molecule has 3 fully saturated rings. The second kappa shape index (κ2) is 38.2. The third-order valence-electron chi connectivity index (χ3n) is 21.8. The topological polar surface area (TPSA) is 397 Å². The summed E-state index contributed by atoms with van der Waals surface area (Å²) in [5, 5.41) is 21.9. The van der Waals surface area contributed by atoms with Gasteiger partial charge in [0.2, 0.25) is 0 Å². The van der Waals surface area contributed by atoms with Gasteiger partial charge in [0.05, 0.1) is 77.9 Å². The molecule has 12 heterocycles. The highest BCUT2D eigenvalue weighted by Crippen LogP contribution is 2.39. The van der Waals surface area contributed by atoms with E-state index in [-0.39, 0.29) is 113 Å². The molecule has 3 aliphatic rings. The number of methoxy groups -OCH3 is 2. The van der Waals surface area contributed by atoms with Crippen LogP contribution in [-0.2, 0) is 49.4 Å². The number of halogens is 8. The molecule has 15 aromatic rings. The van der Waals surface area contributed by atoms with Gasteiger partial charge in [-0.15, -0.1) is 0 Å². The maximum atomic E-state index is 14.7. The van der Waals surface area contributed by atoms with E-state index in [1.165, 1.54) is 73.7 Å². The summed E-state index contributed by atoms with van der Waals surface area (Å²) >= 11 is 24.5.